The molecule has 0 spiro atoms. The summed E-state index contributed by atoms with van der Waals surface area (Å²) in [6.45, 7) is 6.89. The van der Waals surface area contributed by atoms with Crippen LogP contribution in [0.5, 0.6) is 0 Å². The van der Waals surface area contributed by atoms with Crippen LogP contribution >= 0.6 is 11.8 Å². The van der Waals surface area contributed by atoms with Crippen molar-refractivity contribution in [3.8, 4) is 12.3 Å². The van der Waals surface area contributed by atoms with Crippen molar-refractivity contribution >= 4 is 11.8 Å². The van der Waals surface area contributed by atoms with Crippen LogP contribution in [0.3, 0.4) is 0 Å². The summed E-state index contributed by atoms with van der Waals surface area (Å²) in [4.78, 5) is 0. The average molecular weight is 168 g/mol. The van der Waals surface area contributed by atoms with Gasteiger partial charge in [-0.2, -0.15) is 0 Å². The molecule has 0 amide bonds. The van der Waals surface area contributed by atoms with E-state index in [9.17, 15) is 0 Å². The van der Waals surface area contributed by atoms with Crippen molar-refractivity contribution in [1.82, 2.24) is 0 Å². The summed E-state index contributed by atoms with van der Waals surface area (Å²) < 4.78 is 0. The molecule has 1 rings (SSSR count). The molecule has 0 N–H and O–H groups in total. The van der Waals surface area contributed by atoms with Gasteiger partial charge in [0.2, 0.25) is 0 Å². The Morgan fingerprint density at radius 2 is 2.00 bits per heavy atom. The van der Waals surface area contributed by atoms with Crippen LogP contribution in [0.1, 0.15) is 33.6 Å². The zero-order valence-electron chi connectivity index (χ0n) is 7.55. The molecule has 0 aromatic carbocycles. The molecule has 1 aliphatic rings. The Balaban J connectivity index is 2.50. The molecule has 2 unspecified atom stereocenters. The number of hydrogen-bond acceptors (Lipinski definition) is 1. The highest BCUT2D eigenvalue weighted by Gasteiger charge is 2.32. The maximum Gasteiger partial charge on any atom is 0.0657 e. The van der Waals surface area contributed by atoms with Crippen molar-refractivity contribution in [2.45, 2.75) is 44.1 Å². The number of terminal acetylenes is 1. The molecule has 1 fully saturated rings. The first-order valence-corrected chi connectivity index (χ1v) is 5.10. The molecule has 0 aromatic heterocycles. The van der Waals surface area contributed by atoms with E-state index >= 15 is 0 Å². The molecule has 62 valence electrons. The second-order valence-corrected chi connectivity index (χ2v) is 5.63. The molecular formula is C10H16S. The zero-order chi connectivity index (χ0) is 8.48. The van der Waals surface area contributed by atoms with Crippen LogP contribution < -0.4 is 0 Å². The van der Waals surface area contributed by atoms with Crippen molar-refractivity contribution in [2.24, 2.45) is 5.41 Å². The average Bonchev–Trinajstić information content (AvgIpc) is 2.32. The first-order chi connectivity index (χ1) is 5.04. The molecule has 0 bridgehead atoms. The topological polar surface area (TPSA) is 0 Å². The van der Waals surface area contributed by atoms with Crippen molar-refractivity contribution in [1.29, 1.82) is 0 Å². The largest absolute Gasteiger partial charge is 0.142 e. The Morgan fingerprint density at radius 3 is 2.27 bits per heavy atom. The summed E-state index contributed by atoms with van der Waals surface area (Å²) in [6.07, 6.45) is 7.87. The third-order valence-electron chi connectivity index (χ3n) is 2.17. The molecule has 2 atom stereocenters. The van der Waals surface area contributed by atoms with E-state index in [2.05, 4.69) is 26.7 Å². The van der Waals surface area contributed by atoms with E-state index in [4.69, 9.17) is 6.42 Å². The predicted octanol–water partition coefficient (Wildman–Crippen LogP) is 2.93. The van der Waals surface area contributed by atoms with E-state index in [-0.39, 0.29) is 0 Å². The van der Waals surface area contributed by atoms with Crippen molar-refractivity contribution in [3.05, 3.63) is 0 Å². The van der Waals surface area contributed by atoms with Crippen molar-refractivity contribution < 1.29 is 0 Å². The van der Waals surface area contributed by atoms with Crippen LogP contribution in [0.25, 0.3) is 0 Å². The fourth-order valence-corrected chi connectivity index (χ4v) is 2.82. The van der Waals surface area contributed by atoms with E-state index in [0.29, 0.717) is 10.7 Å². The minimum Gasteiger partial charge on any atom is -0.142 e. The summed E-state index contributed by atoms with van der Waals surface area (Å²) in [6, 6.07) is 0. The van der Waals surface area contributed by atoms with Gasteiger partial charge in [-0.3, -0.25) is 0 Å². The number of hydrogen-bond donors (Lipinski definition) is 0. The highest BCUT2D eigenvalue weighted by molar-refractivity contribution is 8.01. The van der Waals surface area contributed by atoms with Crippen LogP contribution in [0.4, 0.5) is 0 Å². The summed E-state index contributed by atoms with van der Waals surface area (Å²) >= 11 is 1.98. The van der Waals surface area contributed by atoms with Gasteiger partial charge in [0, 0.05) is 5.25 Å². The zero-order valence-corrected chi connectivity index (χ0v) is 8.37. The SMILES string of the molecule is C#CC1CCC(C(C)(C)C)S1. The first kappa shape index (κ1) is 9.00. The summed E-state index contributed by atoms with van der Waals surface area (Å²) in [5, 5.41) is 1.25. The van der Waals surface area contributed by atoms with Gasteiger partial charge in [-0.25, -0.2) is 0 Å². The van der Waals surface area contributed by atoms with Gasteiger partial charge in [0.05, 0.1) is 5.25 Å². The van der Waals surface area contributed by atoms with Crippen molar-refractivity contribution in [2.75, 3.05) is 0 Å². The minimum atomic E-state index is 0.427. The highest BCUT2D eigenvalue weighted by Crippen LogP contribution is 2.42. The summed E-state index contributed by atoms with van der Waals surface area (Å²) in [7, 11) is 0. The lowest BCUT2D eigenvalue weighted by Crippen LogP contribution is -2.20. The monoisotopic (exact) mass is 168 g/mol. The van der Waals surface area contributed by atoms with Crippen LogP contribution in [0.2, 0.25) is 0 Å². The summed E-state index contributed by atoms with van der Waals surface area (Å²) in [5.41, 5.74) is 0.427. The smallest absolute Gasteiger partial charge is 0.0657 e. The molecule has 0 saturated carbocycles. The fraction of sp³-hybridized carbons (Fsp3) is 0.800. The number of rotatable bonds is 0. The van der Waals surface area contributed by atoms with Gasteiger partial charge in [-0.05, 0) is 18.3 Å². The van der Waals surface area contributed by atoms with Gasteiger partial charge in [-0.15, -0.1) is 18.2 Å². The molecule has 11 heavy (non-hydrogen) atoms. The highest BCUT2D eigenvalue weighted by atomic mass is 32.2. The van der Waals surface area contributed by atoms with Gasteiger partial charge in [-0.1, -0.05) is 26.7 Å². The molecule has 1 heterocycles. The Kier molecular flexibility index (Phi) is 2.54. The molecule has 1 saturated heterocycles. The van der Waals surface area contributed by atoms with Crippen LogP contribution in [0.15, 0.2) is 0 Å². The Hall–Kier alpha value is -0.0900. The van der Waals surface area contributed by atoms with Gasteiger partial charge < -0.3 is 0 Å². The Bertz CT molecular complexity index is 170. The Morgan fingerprint density at radius 1 is 1.36 bits per heavy atom. The molecular weight excluding hydrogens is 152 g/mol. The van der Waals surface area contributed by atoms with E-state index < -0.39 is 0 Å². The van der Waals surface area contributed by atoms with Crippen LogP contribution in [0, 0.1) is 17.8 Å². The van der Waals surface area contributed by atoms with Gasteiger partial charge in [0.25, 0.3) is 0 Å². The second-order valence-electron chi connectivity index (χ2n) is 4.22. The maximum absolute atomic E-state index is 5.37. The lowest BCUT2D eigenvalue weighted by atomic mass is 9.89. The standard InChI is InChI=1S/C10H16S/c1-5-8-6-7-9(11-8)10(2,3)4/h1,8-9H,6-7H2,2-4H3. The normalized spacial score (nSPS) is 31.8. The summed E-state index contributed by atoms with van der Waals surface area (Å²) in [5.74, 6) is 2.83. The molecule has 0 aliphatic carbocycles. The quantitative estimate of drug-likeness (QED) is 0.501. The molecule has 0 nitrogen and oxygen atoms in total. The molecule has 0 aromatic rings. The van der Waals surface area contributed by atoms with Gasteiger partial charge >= 0.3 is 0 Å². The van der Waals surface area contributed by atoms with E-state index in [1.807, 2.05) is 11.8 Å². The number of thioether (sulfide) groups is 1. The van der Waals surface area contributed by atoms with E-state index in [1.54, 1.807) is 0 Å². The molecule has 0 radical (unpaired) electrons. The lowest BCUT2D eigenvalue weighted by Gasteiger charge is -2.25. The second kappa shape index (κ2) is 3.11. The van der Waals surface area contributed by atoms with E-state index in [1.165, 1.54) is 12.8 Å². The predicted molar refractivity (Wildman–Crippen MR) is 52.7 cm³/mol. The van der Waals surface area contributed by atoms with Crippen molar-refractivity contribution in [3.63, 3.8) is 0 Å². The molecule has 1 heteroatoms. The molecule has 1 aliphatic heterocycles. The van der Waals surface area contributed by atoms with Gasteiger partial charge in [0.1, 0.15) is 0 Å². The third kappa shape index (κ3) is 2.17. The Labute approximate surface area is 74.1 Å². The minimum absolute atomic E-state index is 0.427. The fourth-order valence-electron chi connectivity index (χ4n) is 1.40. The van der Waals surface area contributed by atoms with Crippen LogP contribution in [-0.4, -0.2) is 10.5 Å². The third-order valence-corrected chi connectivity index (χ3v) is 4.14. The van der Waals surface area contributed by atoms with Gasteiger partial charge in [0.15, 0.2) is 0 Å². The van der Waals surface area contributed by atoms with E-state index in [0.717, 1.165) is 5.25 Å². The van der Waals surface area contributed by atoms with Crippen LogP contribution in [-0.2, 0) is 0 Å². The maximum atomic E-state index is 5.37. The first-order valence-electron chi connectivity index (χ1n) is 4.15. The lowest BCUT2D eigenvalue weighted by molar-refractivity contribution is 0.386.